The summed E-state index contributed by atoms with van der Waals surface area (Å²) >= 11 is 0. The molecule has 122 valence electrons. The number of hydrogen-bond donors (Lipinski definition) is 2. The molecule has 0 bridgehead atoms. The van der Waals surface area contributed by atoms with E-state index in [9.17, 15) is 14.7 Å². The summed E-state index contributed by atoms with van der Waals surface area (Å²) in [5.74, 6) is -1.26. The minimum Gasteiger partial charge on any atom is -0.481 e. The van der Waals surface area contributed by atoms with Crippen LogP contribution in [0.25, 0.3) is 5.65 Å². The van der Waals surface area contributed by atoms with Gasteiger partial charge >= 0.3 is 5.97 Å². The van der Waals surface area contributed by atoms with Crippen molar-refractivity contribution in [3.05, 3.63) is 35.8 Å². The molecule has 0 aliphatic carbocycles. The number of hydrogen-bond acceptors (Lipinski definition) is 4. The molecule has 0 aromatic carbocycles. The largest absolute Gasteiger partial charge is 0.481 e. The predicted molar refractivity (Wildman–Crippen MR) is 82.4 cm³/mol. The molecule has 1 aliphatic rings. The fraction of sp³-hybridized carbons (Fsp3) is 0.438. The quantitative estimate of drug-likeness (QED) is 0.885. The summed E-state index contributed by atoms with van der Waals surface area (Å²) < 4.78 is 6.99. The monoisotopic (exact) mass is 317 g/mol. The highest BCUT2D eigenvalue weighted by Gasteiger charge is 2.40. The van der Waals surface area contributed by atoms with Gasteiger partial charge < -0.3 is 19.6 Å². The SMILES string of the molecule is Cc1ccn2cc(C(=O)NCC3(C(=O)O)CCOCC3)nc2c1. The van der Waals surface area contributed by atoms with E-state index in [0.717, 1.165) is 5.56 Å². The van der Waals surface area contributed by atoms with Crippen LogP contribution in [0.5, 0.6) is 0 Å². The third-order valence-corrected chi connectivity index (χ3v) is 4.34. The van der Waals surface area contributed by atoms with Crippen LogP contribution in [0.3, 0.4) is 0 Å². The zero-order valence-electron chi connectivity index (χ0n) is 12.9. The third-order valence-electron chi connectivity index (χ3n) is 4.34. The molecular formula is C16H19N3O4. The molecule has 0 unspecified atom stereocenters. The molecule has 7 heteroatoms. The van der Waals surface area contributed by atoms with E-state index in [2.05, 4.69) is 10.3 Å². The average molecular weight is 317 g/mol. The summed E-state index contributed by atoms with van der Waals surface area (Å²) in [5, 5.41) is 12.2. The number of nitrogens with zero attached hydrogens (tertiary/aromatic N) is 2. The van der Waals surface area contributed by atoms with Crippen LogP contribution in [0.15, 0.2) is 24.5 Å². The Morgan fingerprint density at radius 1 is 1.43 bits per heavy atom. The number of aliphatic carboxylic acids is 1. The van der Waals surface area contributed by atoms with Crippen LogP contribution in [0.2, 0.25) is 0 Å². The molecule has 7 nitrogen and oxygen atoms in total. The van der Waals surface area contributed by atoms with Crippen molar-refractivity contribution in [1.82, 2.24) is 14.7 Å². The number of carbonyl (C=O) groups excluding carboxylic acids is 1. The maximum absolute atomic E-state index is 12.3. The highest BCUT2D eigenvalue weighted by molar-refractivity contribution is 5.93. The zero-order chi connectivity index (χ0) is 16.4. The smallest absolute Gasteiger partial charge is 0.311 e. The molecule has 3 rings (SSSR count). The standard InChI is InChI=1S/C16H19N3O4/c1-11-2-5-19-9-12(18-13(19)8-11)14(20)17-10-16(15(21)22)3-6-23-7-4-16/h2,5,8-9H,3-4,6-7,10H2,1H3,(H,17,20)(H,21,22). The Morgan fingerprint density at radius 3 is 2.87 bits per heavy atom. The minimum absolute atomic E-state index is 0.0808. The van der Waals surface area contributed by atoms with Crippen molar-refractivity contribution in [1.29, 1.82) is 0 Å². The molecule has 1 aliphatic heterocycles. The average Bonchev–Trinajstić information content (AvgIpc) is 2.96. The fourth-order valence-electron chi connectivity index (χ4n) is 2.76. The van der Waals surface area contributed by atoms with Gasteiger partial charge in [0.05, 0.1) is 5.41 Å². The second-order valence-electron chi connectivity index (χ2n) is 5.98. The van der Waals surface area contributed by atoms with Crippen molar-refractivity contribution < 1.29 is 19.4 Å². The van der Waals surface area contributed by atoms with Crippen molar-refractivity contribution in [2.24, 2.45) is 5.41 Å². The van der Waals surface area contributed by atoms with Crippen molar-refractivity contribution in [3.63, 3.8) is 0 Å². The van der Waals surface area contributed by atoms with Gasteiger partial charge in [-0.3, -0.25) is 9.59 Å². The number of carboxylic acid groups (broad SMARTS) is 1. The van der Waals surface area contributed by atoms with Crippen LogP contribution in [-0.2, 0) is 9.53 Å². The number of aryl methyl sites for hydroxylation is 1. The molecule has 0 radical (unpaired) electrons. The van der Waals surface area contributed by atoms with Crippen LogP contribution in [0.4, 0.5) is 0 Å². The number of carbonyl (C=O) groups is 2. The van der Waals surface area contributed by atoms with Gasteiger partial charge in [-0.15, -0.1) is 0 Å². The van der Waals surface area contributed by atoms with Crippen molar-refractivity contribution in [3.8, 4) is 0 Å². The van der Waals surface area contributed by atoms with Gasteiger partial charge in [0.1, 0.15) is 11.3 Å². The maximum atomic E-state index is 12.3. The molecule has 3 heterocycles. The number of amides is 1. The summed E-state index contributed by atoms with van der Waals surface area (Å²) in [7, 11) is 0. The summed E-state index contributed by atoms with van der Waals surface area (Å²) in [6.07, 6.45) is 4.27. The molecular weight excluding hydrogens is 298 g/mol. The zero-order valence-corrected chi connectivity index (χ0v) is 12.9. The highest BCUT2D eigenvalue weighted by atomic mass is 16.5. The van der Waals surface area contributed by atoms with Gasteiger partial charge in [0.2, 0.25) is 0 Å². The van der Waals surface area contributed by atoms with Gasteiger partial charge in [-0.2, -0.15) is 0 Å². The molecule has 1 fully saturated rings. The fourth-order valence-corrected chi connectivity index (χ4v) is 2.76. The van der Waals surface area contributed by atoms with Crippen molar-refractivity contribution in [2.45, 2.75) is 19.8 Å². The lowest BCUT2D eigenvalue weighted by atomic mass is 9.80. The number of fused-ring (bicyclic) bond motifs is 1. The van der Waals surface area contributed by atoms with E-state index in [-0.39, 0.29) is 18.1 Å². The number of aromatic nitrogens is 2. The molecule has 23 heavy (non-hydrogen) atoms. The van der Waals surface area contributed by atoms with Gasteiger partial charge in [-0.1, -0.05) is 0 Å². The van der Waals surface area contributed by atoms with E-state index in [1.54, 1.807) is 10.6 Å². The van der Waals surface area contributed by atoms with Crippen LogP contribution in [0, 0.1) is 12.3 Å². The molecule has 2 N–H and O–H groups in total. The number of rotatable bonds is 4. The van der Waals surface area contributed by atoms with Crippen molar-refractivity contribution in [2.75, 3.05) is 19.8 Å². The normalized spacial score (nSPS) is 17.1. The van der Waals surface area contributed by atoms with Gasteiger partial charge in [0.15, 0.2) is 0 Å². The molecule has 0 spiro atoms. The molecule has 2 aromatic heterocycles. The Bertz CT molecular complexity index is 747. The lowest BCUT2D eigenvalue weighted by Gasteiger charge is -2.32. The van der Waals surface area contributed by atoms with Crippen LogP contribution in [0.1, 0.15) is 28.9 Å². The molecule has 1 saturated heterocycles. The second kappa shape index (κ2) is 6.00. The number of carboxylic acids is 1. The number of imidazole rings is 1. The number of ether oxygens (including phenoxy) is 1. The van der Waals surface area contributed by atoms with Gasteiger partial charge in [0.25, 0.3) is 5.91 Å². The van der Waals surface area contributed by atoms with E-state index >= 15 is 0 Å². The third kappa shape index (κ3) is 3.05. The Kier molecular flexibility index (Phi) is 4.04. The van der Waals surface area contributed by atoms with Crippen LogP contribution >= 0.6 is 0 Å². The lowest BCUT2D eigenvalue weighted by molar-refractivity contribution is -0.154. The first-order chi connectivity index (χ1) is 11.0. The summed E-state index contributed by atoms with van der Waals surface area (Å²) in [6, 6.07) is 3.81. The van der Waals surface area contributed by atoms with E-state index < -0.39 is 11.4 Å². The summed E-state index contributed by atoms with van der Waals surface area (Å²) in [6.45, 7) is 2.83. The Labute approximate surface area is 133 Å². The number of pyridine rings is 1. The maximum Gasteiger partial charge on any atom is 0.311 e. The molecule has 0 atom stereocenters. The van der Waals surface area contributed by atoms with Gasteiger partial charge in [0, 0.05) is 32.2 Å². The Morgan fingerprint density at radius 2 is 2.17 bits per heavy atom. The molecule has 1 amide bonds. The molecule has 0 saturated carbocycles. The van der Waals surface area contributed by atoms with E-state index in [1.807, 2.05) is 25.3 Å². The predicted octanol–water partition coefficient (Wildman–Crippen LogP) is 1.25. The first-order valence-electron chi connectivity index (χ1n) is 7.55. The minimum atomic E-state index is -0.955. The molecule has 2 aromatic rings. The van der Waals surface area contributed by atoms with Crippen LogP contribution < -0.4 is 5.32 Å². The van der Waals surface area contributed by atoms with E-state index in [0.29, 0.717) is 31.7 Å². The van der Waals surface area contributed by atoms with E-state index in [4.69, 9.17) is 4.74 Å². The van der Waals surface area contributed by atoms with E-state index in [1.165, 1.54) is 0 Å². The van der Waals surface area contributed by atoms with Gasteiger partial charge in [-0.05, 0) is 37.5 Å². The van der Waals surface area contributed by atoms with Gasteiger partial charge in [-0.25, -0.2) is 4.98 Å². The Hall–Kier alpha value is -2.41. The first kappa shape index (κ1) is 15.5. The highest BCUT2D eigenvalue weighted by Crippen LogP contribution is 2.30. The Balaban J connectivity index is 1.73. The summed E-state index contributed by atoms with van der Waals surface area (Å²) in [4.78, 5) is 28.2. The second-order valence-corrected chi connectivity index (χ2v) is 5.98. The van der Waals surface area contributed by atoms with Crippen LogP contribution in [-0.4, -0.2) is 46.1 Å². The summed E-state index contributed by atoms with van der Waals surface area (Å²) in [5.41, 5.74) is 1.07. The first-order valence-corrected chi connectivity index (χ1v) is 7.55. The topological polar surface area (TPSA) is 92.9 Å². The lowest BCUT2D eigenvalue weighted by Crippen LogP contribution is -2.46. The van der Waals surface area contributed by atoms with Crippen molar-refractivity contribution >= 4 is 17.5 Å². The number of nitrogens with one attached hydrogen (secondary N) is 1.